The van der Waals surface area contributed by atoms with E-state index in [1.54, 1.807) is 4.68 Å². The van der Waals surface area contributed by atoms with Crippen molar-refractivity contribution in [1.29, 1.82) is 0 Å². The molecule has 6 nitrogen and oxygen atoms in total. The van der Waals surface area contributed by atoms with Crippen LogP contribution >= 0.6 is 0 Å². The first kappa shape index (κ1) is 16.7. The van der Waals surface area contributed by atoms with E-state index in [-0.39, 0.29) is 5.41 Å². The van der Waals surface area contributed by atoms with Crippen molar-refractivity contribution in [3.63, 3.8) is 0 Å². The summed E-state index contributed by atoms with van der Waals surface area (Å²) in [7, 11) is -1.08. The van der Waals surface area contributed by atoms with Gasteiger partial charge in [0.15, 0.2) is 5.65 Å². The maximum atomic E-state index is 11.3. The van der Waals surface area contributed by atoms with Crippen molar-refractivity contribution in [2.24, 2.45) is 5.41 Å². The molecule has 0 amide bonds. The summed E-state index contributed by atoms with van der Waals surface area (Å²) in [6.45, 7) is 8.19. The second kappa shape index (κ2) is 5.38. The fourth-order valence-electron chi connectivity index (χ4n) is 4.21. The van der Waals surface area contributed by atoms with Crippen molar-refractivity contribution >= 4 is 25.1 Å². The molecule has 3 aliphatic carbocycles. The minimum atomic E-state index is -1.08. The molecule has 0 atom stereocenters. The van der Waals surface area contributed by atoms with Gasteiger partial charge in [0.2, 0.25) is 0 Å². The fraction of sp³-hybridized carbons (Fsp3) is 0.611. The number of aromatic nitrogens is 3. The van der Waals surface area contributed by atoms with E-state index in [9.17, 15) is 9.90 Å². The van der Waals surface area contributed by atoms with E-state index in [2.05, 4.69) is 35.8 Å². The maximum absolute atomic E-state index is 11.3. The van der Waals surface area contributed by atoms with Crippen molar-refractivity contribution in [3.05, 3.63) is 24.0 Å². The quantitative estimate of drug-likeness (QED) is 0.606. The minimum Gasteiger partial charge on any atom is -0.481 e. The molecule has 0 aromatic carbocycles. The number of fused-ring (bicyclic) bond motifs is 1. The van der Waals surface area contributed by atoms with Gasteiger partial charge < -0.3 is 9.84 Å². The van der Waals surface area contributed by atoms with E-state index in [1.165, 1.54) is 0 Å². The molecular weight excluding hydrogens is 334 g/mol. The smallest absolute Gasteiger partial charge is 0.309 e. The largest absolute Gasteiger partial charge is 0.481 e. The van der Waals surface area contributed by atoms with E-state index >= 15 is 0 Å². The summed E-state index contributed by atoms with van der Waals surface area (Å²) in [5, 5.41) is 14.7. The third-order valence-electron chi connectivity index (χ3n) is 5.78. The summed E-state index contributed by atoms with van der Waals surface area (Å²) < 4.78 is 7.57. The first-order chi connectivity index (χ1) is 11.7. The Morgan fingerprint density at radius 2 is 2.04 bits per heavy atom. The Balaban J connectivity index is 1.43. The highest BCUT2D eigenvalue weighted by molar-refractivity contribution is 6.76. The first-order valence-electron chi connectivity index (χ1n) is 8.86. The zero-order chi connectivity index (χ0) is 17.9. The highest BCUT2D eigenvalue weighted by Crippen LogP contribution is 2.73. The van der Waals surface area contributed by atoms with E-state index in [0.29, 0.717) is 6.73 Å². The lowest BCUT2D eigenvalue weighted by Crippen LogP contribution is -2.67. The summed E-state index contributed by atoms with van der Waals surface area (Å²) in [5.41, 5.74) is 1.57. The Morgan fingerprint density at radius 3 is 2.68 bits per heavy atom. The number of ether oxygens (including phenoxy) is 1. The fourth-order valence-corrected chi connectivity index (χ4v) is 4.96. The molecule has 0 radical (unpaired) electrons. The summed E-state index contributed by atoms with van der Waals surface area (Å²) in [6.07, 6.45) is 5.96. The Kier molecular flexibility index (Phi) is 3.60. The van der Waals surface area contributed by atoms with Crippen molar-refractivity contribution in [1.82, 2.24) is 14.8 Å². The van der Waals surface area contributed by atoms with Crippen LogP contribution in [0, 0.1) is 5.41 Å². The number of carboxylic acids is 1. The van der Waals surface area contributed by atoms with Crippen LogP contribution in [0.3, 0.4) is 0 Å². The predicted molar refractivity (Wildman–Crippen MR) is 97.2 cm³/mol. The van der Waals surface area contributed by atoms with Crippen LogP contribution in [0.15, 0.2) is 18.5 Å². The van der Waals surface area contributed by atoms with E-state index < -0.39 is 19.5 Å². The van der Waals surface area contributed by atoms with Crippen molar-refractivity contribution in [2.75, 3.05) is 6.61 Å². The van der Waals surface area contributed by atoms with Gasteiger partial charge in [0.25, 0.3) is 0 Å². The number of nitrogens with zero attached hydrogens (tertiary/aromatic N) is 3. The minimum absolute atomic E-state index is 0.0372. The number of pyridine rings is 1. The van der Waals surface area contributed by atoms with Gasteiger partial charge >= 0.3 is 5.97 Å². The number of carbonyl (C=O) groups is 1. The molecule has 2 aromatic rings. The lowest BCUT2D eigenvalue weighted by molar-refractivity contribution is -0.194. The molecule has 0 saturated heterocycles. The highest BCUT2D eigenvalue weighted by atomic mass is 28.3. The normalized spacial score (nSPS) is 27.8. The zero-order valence-corrected chi connectivity index (χ0v) is 16.1. The van der Waals surface area contributed by atoms with Crippen LogP contribution < -0.4 is 0 Å². The molecule has 3 aliphatic rings. The molecule has 0 spiro atoms. The van der Waals surface area contributed by atoms with Crippen molar-refractivity contribution in [2.45, 2.75) is 57.1 Å². The van der Waals surface area contributed by atoms with Gasteiger partial charge in [-0.3, -0.25) is 4.79 Å². The van der Waals surface area contributed by atoms with Gasteiger partial charge in [-0.05, 0) is 36.9 Å². The number of aliphatic carboxylic acids is 1. The standard InChI is InChI=1S/C18H25N3O3Si/c1-25(2,3)5-4-24-12-21-15-13(7-20-21)6-14(8-19-15)17-9-18(10-17,11-17)16(22)23/h6-8H,4-5,9-12H2,1-3H3,(H,22,23). The summed E-state index contributed by atoms with van der Waals surface area (Å²) in [4.78, 5) is 15.9. The van der Waals surface area contributed by atoms with Gasteiger partial charge in [-0.15, -0.1) is 0 Å². The van der Waals surface area contributed by atoms with E-state index in [1.807, 2.05) is 12.4 Å². The monoisotopic (exact) mass is 359 g/mol. The summed E-state index contributed by atoms with van der Waals surface area (Å²) in [5.74, 6) is -0.647. The van der Waals surface area contributed by atoms with Crippen LogP contribution in [0.1, 0.15) is 24.8 Å². The lowest BCUT2D eigenvalue weighted by Gasteiger charge is -2.68. The second-order valence-electron chi connectivity index (χ2n) is 9.03. The van der Waals surface area contributed by atoms with Gasteiger partial charge in [0.1, 0.15) is 6.73 Å². The third-order valence-corrected chi connectivity index (χ3v) is 7.49. The molecule has 2 aromatic heterocycles. The van der Waals surface area contributed by atoms with Crippen molar-refractivity contribution in [3.8, 4) is 0 Å². The molecule has 1 N–H and O–H groups in total. The Hall–Kier alpha value is -1.73. The molecule has 7 heteroatoms. The van der Waals surface area contributed by atoms with Gasteiger partial charge in [-0.25, -0.2) is 9.67 Å². The number of hydrogen-bond donors (Lipinski definition) is 1. The summed E-state index contributed by atoms with van der Waals surface area (Å²) in [6, 6.07) is 3.26. The van der Waals surface area contributed by atoms with Crippen LogP contribution in [-0.4, -0.2) is 40.5 Å². The molecule has 0 aliphatic heterocycles. The number of hydrogen-bond acceptors (Lipinski definition) is 4. The highest BCUT2D eigenvalue weighted by Gasteiger charge is 2.72. The van der Waals surface area contributed by atoms with Crippen LogP contribution in [0.4, 0.5) is 0 Å². The van der Waals surface area contributed by atoms with Crippen molar-refractivity contribution < 1.29 is 14.6 Å². The lowest BCUT2D eigenvalue weighted by atomic mass is 9.33. The number of rotatable bonds is 7. The average Bonchev–Trinajstić information content (AvgIpc) is 2.82. The van der Waals surface area contributed by atoms with Crippen LogP contribution in [-0.2, 0) is 21.7 Å². The Labute approximate surface area is 148 Å². The molecule has 5 rings (SSSR count). The Bertz CT molecular complexity index is 820. The van der Waals surface area contributed by atoms with Gasteiger partial charge in [0.05, 0.1) is 11.6 Å². The molecule has 3 saturated carbocycles. The first-order valence-corrected chi connectivity index (χ1v) is 12.6. The molecule has 2 bridgehead atoms. The third kappa shape index (κ3) is 2.69. The van der Waals surface area contributed by atoms with E-state index in [0.717, 1.165) is 48.5 Å². The molecule has 2 heterocycles. The molecule has 0 unspecified atom stereocenters. The second-order valence-corrected chi connectivity index (χ2v) is 14.6. The maximum Gasteiger partial charge on any atom is 0.309 e. The summed E-state index contributed by atoms with van der Waals surface area (Å²) >= 11 is 0. The van der Waals surface area contributed by atoms with Gasteiger partial charge in [-0.1, -0.05) is 19.6 Å². The Morgan fingerprint density at radius 1 is 1.32 bits per heavy atom. The number of carboxylic acid groups (broad SMARTS) is 1. The molecule has 25 heavy (non-hydrogen) atoms. The molecule has 3 fully saturated rings. The average molecular weight is 360 g/mol. The molecular formula is C18H25N3O3Si. The SMILES string of the molecule is C[Si](C)(C)CCOCn1ncc2cc(C34CC(C(=O)O)(C3)C4)cnc21. The van der Waals surface area contributed by atoms with Crippen LogP contribution in [0.5, 0.6) is 0 Å². The zero-order valence-electron chi connectivity index (χ0n) is 15.1. The topological polar surface area (TPSA) is 77.2 Å². The van der Waals surface area contributed by atoms with Crippen LogP contribution in [0.2, 0.25) is 25.7 Å². The van der Waals surface area contributed by atoms with Crippen LogP contribution in [0.25, 0.3) is 11.0 Å². The van der Waals surface area contributed by atoms with E-state index in [4.69, 9.17) is 4.74 Å². The van der Waals surface area contributed by atoms with Gasteiger partial charge in [0, 0.05) is 31.7 Å². The van der Waals surface area contributed by atoms with Gasteiger partial charge in [-0.2, -0.15) is 5.10 Å². The molecule has 134 valence electrons. The predicted octanol–water partition coefficient (Wildman–Crippen LogP) is 3.25.